The Morgan fingerprint density at radius 1 is 1.06 bits per heavy atom. The lowest BCUT2D eigenvalue weighted by Crippen LogP contribution is -2.35. The Bertz CT molecular complexity index is 1420. The average Bonchev–Trinajstić information content (AvgIpc) is 3.28. The summed E-state index contributed by atoms with van der Waals surface area (Å²) in [5, 5.41) is 8.73. The summed E-state index contributed by atoms with van der Waals surface area (Å²) in [6, 6.07) is 15.0. The molecule has 4 aromatic rings. The van der Waals surface area contributed by atoms with Gasteiger partial charge in [0.15, 0.2) is 11.5 Å². The van der Waals surface area contributed by atoms with Crippen molar-refractivity contribution in [3.8, 4) is 28.5 Å². The van der Waals surface area contributed by atoms with Crippen LogP contribution in [0.15, 0.2) is 70.2 Å². The van der Waals surface area contributed by atoms with E-state index in [1.165, 1.54) is 41.8 Å². The summed E-state index contributed by atoms with van der Waals surface area (Å²) in [4.78, 5) is 18.6. The topological polar surface area (TPSA) is 81.3 Å². The number of rotatable bonds is 3. The van der Waals surface area contributed by atoms with Gasteiger partial charge in [0, 0.05) is 18.1 Å². The first-order valence-electron chi connectivity index (χ1n) is 10.4. The van der Waals surface area contributed by atoms with Gasteiger partial charge in [-0.25, -0.2) is 0 Å². The van der Waals surface area contributed by atoms with Gasteiger partial charge in [0.2, 0.25) is 23.2 Å². The Balaban J connectivity index is 1.63. The molecule has 1 aliphatic heterocycles. The predicted octanol–water partition coefficient (Wildman–Crippen LogP) is 5.98. The smallest absolute Gasteiger partial charge is 0.416 e. The van der Waals surface area contributed by atoms with Crippen molar-refractivity contribution in [3.05, 3.63) is 72.0 Å². The van der Waals surface area contributed by atoms with Gasteiger partial charge in [-0.3, -0.25) is 9.69 Å². The molecule has 5 rings (SSSR count). The number of hydrogen-bond acceptors (Lipinski definition) is 7. The van der Waals surface area contributed by atoms with Crippen molar-refractivity contribution in [2.45, 2.75) is 24.5 Å². The number of furan rings is 1. The van der Waals surface area contributed by atoms with E-state index >= 15 is 0 Å². The van der Waals surface area contributed by atoms with Crippen LogP contribution >= 0.6 is 11.8 Å². The summed E-state index contributed by atoms with van der Waals surface area (Å²) in [5.41, 5.74) is 0.908. The molecule has 1 aliphatic rings. The van der Waals surface area contributed by atoms with Crippen LogP contribution in [0.3, 0.4) is 0 Å². The number of thioether (sulfide) groups is 1. The van der Waals surface area contributed by atoms with E-state index < -0.39 is 18.0 Å². The SMILES string of the molecule is CSc1nnc2c(n1)O[C@@H](c1ccc(-c3cccc(C(F)(F)F)c3)o1)N(C(C)=O)c1ccccc1-2. The number of halogens is 3. The molecule has 1 amide bonds. The molecule has 0 unspecified atom stereocenters. The van der Waals surface area contributed by atoms with Crippen LogP contribution in [-0.4, -0.2) is 27.3 Å². The summed E-state index contributed by atoms with van der Waals surface area (Å²) in [5.74, 6) is 0.217. The van der Waals surface area contributed by atoms with E-state index in [0.29, 0.717) is 22.1 Å². The van der Waals surface area contributed by atoms with Crippen LogP contribution in [0.5, 0.6) is 5.88 Å². The third-order valence-electron chi connectivity index (χ3n) is 5.38. The molecule has 2 aromatic heterocycles. The highest BCUT2D eigenvalue weighted by atomic mass is 32.2. The number of anilines is 1. The fourth-order valence-electron chi connectivity index (χ4n) is 3.81. The molecule has 11 heteroatoms. The zero-order valence-corrected chi connectivity index (χ0v) is 19.2. The molecular formula is C24H17F3N4O3S. The molecule has 178 valence electrons. The Morgan fingerprint density at radius 2 is 1.86 bits per heavy atom. The number of benzene rings is 2. The second-order valence-electron chi connectivity index (χ2n) is 7.61. The van der Waals surface area contributed by atoms with Gasteiger partial charge in [0.25, 0.3) is 0 Å². The zero-order chi connectivity index (χ0) is 24.7. The minimum absolute atomic E-state index is 0.155. The van der Waals surface area contributed by atoms with Gasteiger partial charge in [-0.2, -0.15) is 18.2 Å². The molecule has 0 fully saturated rings. The van der Waals surface area contributed by atoms with Crippen LogP contribution in [-0.2, 0) is 11.0 Å². The number of ether oxygens (including phenoxy) is 1. The van der Waals surface area contributed by atoms with Crippen LogP contribution in [0.2, 0.25) is 0 Å². The maximum atomic E-state index is 13.2. The van der Waals surface area contributed by atoms with E-state index in [0.717, 1.165) is 12.1 Å². The van der Waals surface area contributed by atoms with E-state index in [9.17, 15) is 18.0 Å². The third kappa shape index (κ3) is 4.23. The number of hydrogen-bond donors (Lipinski definition) is 0. The minimum Gasteiger partial charge on any atom is -0.455 e. The molecule has 0 saturated heterocycles. The second-order valence-corrected chi connectivity index (χ2v) is 8.38. The Hall–Kier alpha value is -3.86. The largest absolute Gasteiger partial charge is 0.455 e. The summed E-state index contributed by atoms with van der Waals surface area (Å²) in [6.07, 6.45) is -3.78. The Morgan fingerprint density at radius 3 is 2.60 bits per heavy atom. The maximum absolute atomic E-state index is 13.2. The lowest BCUT2D eigenvalue weighted by atomic mass is 10.1. The number of para-hydroxylation sites is 1. The van der Waals surface area contributed by atoms with Crippen LogP contribution in [0.25, 0.3) is 22.6 Å². The van der Waals surface area contributed by atoms with E-state index in [1.54, 1.807) is 36.6 Å². The maximum Gasteiger partial charge on any atom is 0.416 e. The van der Waals surface area contributed by atoms with Crippen LogP contribution in [0.4, 0.5) is 18.9 Å². The van der Waals surface area contributed by atoms with Gasteiger partial charge < -0.3 is 9.15 Å². The molecule has 0 saturated carbocycles. The monoisotopic (exact) mass is 498 g/mol. The standard InChI is InChI=1S/C24H17F3N4O3S/c1-13(32)31-17-9-4-3-8-16(17)20-21(28-23(35-2)30-29-20)34-22(31)19-11-10-18(33-19)14-6-5-7-15(12-14)24(25,26)27/h3-12,22H,1-2H3/t22-/m0/s1. The summed E-state index contributed by atoms with van der Waals surface area (Å²) in [6.45, 7) is 1.38. The van der Waals surface area contributed by atoms with Crippen molar-refractivity contribution >= 4 is 23.4 Å². The molecule has 0 bridgehead atoms. The second kappa shape index (κ2) is 8.73. The van der Waals surface area contributed by atoms with Crippen molar-refractivity contribution in [2.75, 3.05) is 11.2 Å². The van der Waals surface area contributed by atoms with Crippen molar-refractivity contribution in [2.24, 2.45) is 0 Å². The van der Waals surface area contributed by atoms with Gasteiger partial charge in [0.1, 0.15) is 5.76 Å². The number of carbonyl (C=O) groups excluding carboxylic acids is 1. The molecule has 0 aliphatic carbocycles. The fourth-order valence-corrected chi connectivity index (χ4v) is 4.11. The third-order valence-corrected chi connectivity index (χ3v) is 5.92. The van der Waals surface area contributed by atoms with Gasteiger partial charge >= 0.3 is 6.18 Å². The highest BCUT2D eigenvalue weighted by Gasteiger charge is 2.36. The van der Waals surface area contributed by atoms with Crippen LogP contribution in [0.1, 0.15) is 24.5 Å². The molecule has 7 nitrogen and oxygen atoms in total. The lowest BCUT2D eigenvalue weighted by molar-refractivity contribution is -0.137. The van der Waals surface area contributed by atoms with Gasteiger partial charge in [-0.05, 0) is 36.6 Å². The van der Waals surface area contributed by atoms with E-state index in [4.69, 9.17) is 9.15 Å². The molecule has 0 radical (unpaired) electrons. The fraction of sp³-hybridized carbons (Fsp3) is 0.167. The first-order valence-corrected chi connectivity index (χ1v) is 11.6. The molecule has 35 heavy (non-hydrogen) atoms. The number of alkyl halides is 3. The first kappa shape index (κ1) is 22.9. The summed E-state index contributed by atoms with van der Waals surface area (Å²) >= 11 is 1.28. The van der Waals surface area contributed by atoms with Crippen LogP contribution < -0.4 is 9.64 Å². The van der Waals surface area contributed by atoms with Crippen molar-refractivity contribution in [1.82, 2.24) is 15.2 Å². The van der Waals surface area contributed by atoms with Crippen molar-refractivity contribution < 1.29 is 27.1 Å². The lowest BCUT2D eigenvalue weighted by Gasteiger charge is -2.28. The quantitative estimate of drug-likeness (QED) is 0.321. The molecule has 3 heterocycles. The van der Waals surface area contributed by atoms with Crippen molar-refractivity contribution in [1.29, 1.82) is 0 Å². The highest BCUT2D eigenvalue weighted by Crippen LogP contribution is 2.44. The Labute approximate surface area is 201 Å². The van der Waals surface area contributed by atoms with E-state index in [-0.39, 0.29) is 28.9 Å². The summed E-state index contributed by atoms with van der Waals surface area (Å²) < 4.78 is 51.7. The highest BCUT2D eigenvalue weighted by molar-refractivity contribution is 7.98. The summed E-state index contributed by atoms with van der Waals surface area (Å²) in [7, 11) is 0. The number of aromatic nitrogens is 3. The molecule has 0 N–H and O–H groups in total. The minimum atomic E-state index is -4.49. The number of fused-ring (bicyclic) bond motifs is 3. The van der Waals surface area contributed by atoms with Crippen LogP contribution in [0, 0.1) is 0 Å². The average molecular weight is 498 g/mol. The van der Waals surface area contributed by atoms with Gasteiger partial charge in [0.05, 0.1) is 11.3 Å². The molecule has 0 spiro atoms. The van der Waals surface area contributed by atoms with E-state index in [2.05, 4.69) is 15.2 Å². The van der Waals surface area contributed by atoms with Gasteiger partial charge in [-0.1, -0.05) is 42.1 Å². The molecular weight excluding hydrogens is 481 g/mol. The Kier molecular flexibility index (Phi) is 5.72. The normalized spacial score (nSPS) is 15.1. The number of carbonyl (C=O) groups is 1. The van der Waals surface area contributed by atoms with Crippen molar-refractivity contribution in [3.63, 3.8) is 0 Å². The molecule has 2 aromatic carbocycles. The van der Waals surface area contributed by atoms with Gasteiger partial charge in [-0.15, -0.1) is 10.2 Å². The zero-order valence-electron chi connectivity index (χ0n) is 18.4. The van der Waals surface area contributed by atoms with E-state index in [1.807, 2.05) is 0 Å². The number of nitrogens with zero attached hydrogens (tertiary/aromatic N) is 4. The first-order chi connectivity index (χ1) is 16.8. The molecule has 1 atom stereocenters. The predicted molar refractivity (Wildman–Crippen MR) is 123 cm³/mol. The number of amides is 1.